The van der Waals surface area contributed by atoms with Crippen LogP contribution < -0.4 is 10.6 Å². The van der Waals surface area contributed by atoms with E-state index in [1.165, 1.54) is 0 Å². The summed E-state index contributed by atoms with van der Waals surface area (Å²) < 4.78 is 1.73. The summed E-state index contributed by atoms with van der Waals surface area (Å²) in [4.78, 5) is 31.6. The number of fused-ring (bicyclic) bond motifs is 1. The predicted molar refractivity (Wildman–Crippen MR) is 123 cm³/mol. The highest BCUT2D eigenvalue weighted by molar-refractivity contribution is 7.13. The molecule has 3 heterocycles. The number of carbonyl (C=O) groups excluding carboxylic acids is 2. The van der Waals surface area contributed by atoms with Crippen molar-refractivity contribution in [3.05, 3.63) is 34.8 Å². The van der Waals surface area contributed by atoms with Crippen LogP contribution in [0.2, 0.25) is 0 Å². The average molecular weight is 440 g/mol. The van der Waals surface area contributed by atoms with Gasteiger partial charge in [0.15, 0.2) is 5.65 Å². The third-order valence-electron chi connectivity index (χ3n) is 5.80. The molecular formula is C23H29N5O2S. The zero-order valence-electron chi connectivity index (χ0n) is 18.4. The van der Waals surface area contributed by atoms with Crippen LogP contribution in [-0.2, 0) is 11.8 Å². The van der Waals surface area contributed by atoms with Crippen molar-refractivity contribution in [3.63, 3.8) is 0 Å². The van der Waals surface area contributed by atoms with E-state index in [0.717, 1.165) is 40.9 Å². The summed E-state index contributed by atoms with van der Waals surface area (Å²) in [6.07, 6.45) is 3.35. The number of amides is 2. The molecule has 0 aromatic carbocycles. The van der Waals surface area contributed by atoms with Crippen molar-refractivity contribution >= 4 is 34.2 Å². The zero-order chi connectivity index (χ0) is 22.1. The van der Waals surface area contributed by atoms with Gasteiger partial charge in [-0.2, -0.15) is 5.10 Å². The molecule has 1 aliphatic carbocycles. The van der Waals surface area contributed by atoms with Crippen LogP contribution in [0.5, 0.6) is 0 Å². The summed E-state index contributed by atoms with van der Waals surface area (Å²) in [5.74, 6) is -0.0970. The second-order valence-electron chi connectivity index (χ2n) is 8.64. The fraction of sp³-hybridized carbons (Fsp3) is 0.478. The maximum atomic E-state index is 13.4. The van der Waals surface area contributed by atoms with Gasteiger partial charge in [0, 0.05) is 25.0 Å². The standard InChI is InChI=1S/C23H29N5O2S/c1-13(2)24-22(29)15-7-5-8-16(11-15)25-23(30)17-12-18(19-9-6-10-31-19)26-21-20(17)14(3)27-28(21)4/h6,9-10,12-13,15-16H,5,7-8,11H2,1-4H3,(H,24,29)(H,25,30). The van der Waals surface area contributed by atoms with Gasteiger partial charge in [0.2, 0.25) is 5.91 Å². The zero-order valence-corrected chi connectivity index (χ0v) is 19.3. The first-order chi connectivity index (χ1) is 14.8. The maximum Gasteiger partial charge on any atom is 0.252 e. The highest BCUT2D eigenvalue weighted by Crippen LogP contribution is 2.30. The number of rotatable bonds is 5. The second kappa shape index (κ2) is 8.78. The van der Waals surface area contributed by atoms with E-state index in [1.54, 1.807) is 16.0 Å². The third-order valence-corrected chi connectivity index (χ3v) is 6.69. The largest absolute Gasteiger partial charge is 0.354 e. The molecule has 31 heavy (non-hydrogen) atoms. The molecule has 3 aromatic heterocycles. The van der Waals surface area contributed by atoms with Gasteiger partial charge in [-0.05, 0) is 57.5 Å². The summed E-state index contributed by atoms with van der Waals surface area (Å²) >= 11 is 1.59. The number of thiophene rings is 1. The highest BCUT2D eigenvalue weighted by Gasteiger charge is 2.29. The van der Waals surface area contributed by atoms with E-state index in [1.807, 2.05) is 51.4 Å². The molecule has 1 fully saturated rings. The predicted octanol–water partition coefficient (Wildman–Crippen LogP) is 3.82. The van der Waals surface area contributed by atoms with Gasteiger partial charge < -0.3 is 10.6 Å². The van der Waals surface area contributed by atoms with Crippen LogP contribution in [-0.4, -0.2) is 38.7 Å². The molecule has 0 radical (unpaired) electrons. The van der Waals surface area contributed by atoms with E-state index in [9.17, 15) is 9.59 Å². The lowest BCUT2D eigenvalue weighted by molar-refractivity contribution is -0.126. The van der Waals surface area contributed by atoms with Gasteiger partial charge in [-0.3, -0.25) is 14.3 Å². The van der Waals surface area contributed by atoms with E-state index in [-0.39, 0.29) is 29.8 Å². The fourth-order valence-electron chi connectivity index (χ4n) is 4.40. The molecule has 164 valence electrons. The summed E-state index contributed by atoms with van der Waals surface area (Å²) in [6.45, 7) is 5.84. The Balaban J connectivity index is 1.61. The number of nitrogens with zero attached hydrogens (tertiary/aromatic N) is 3. The lowest BCUT2D eigenvalue weighted by Crippen LogP contribution is -2.43. The molecule has 2 atom stereocenters. The van der Waals surface area contributed by atoms with Gasteiger partial charge in [0.25, 0.3) is 5.91 Å². The molecule has 3 aromatic rings. The first kappa shape index (κ1) is 21.5. The molecule has 0 spiro atoms. The van der Waals surface area contributed by atoms with Crippen LogP contribution >= 0.6 is 11.3 Å². The molecule has 4 rings (SSSR count). The van der Waals surface area contributed by atoms with Gasteiger partial charge >= 0.3 is 0 Å². The molecule has 2 N–H and O–H groups in total. The molecule has 2 amide bonds. The summed E-state index contributed by atoms with van der Waals surface area (Å²) in [7, 11) is 1.85. The number of hydrogen-bond donors (Lipinski definition) is 2. The van der Waals surface area contributed by atoms with Crippen LogP contribution in [0.25, 0.3) is 21.6 Å². The number of aromatic nitrogens is 3. The Morgan fingerprint density at radius 1 is 1.29 bits per heavy atom. The van der Waals surface area contributed by atoms with Crippen LogP contribution in [0, 0.1) is 12.8 Å². The highest BCUT2D eigenvalue weighted by atomic mass is 32.1. The molecule has 1 aliphatic rings. The van der Waals surface area contributed by atoms with Gasteiger partial charge in [-0.15, -0.1) is 11.3 Å². The van der Waals surface area contributed by atoms with Gasteiger partial charge in [-0.1, -0.05) is 12.5 Å². The van der Waals surface area contributed by atoms with Crippen LogP contribution in [0.3, 0.4) is 0 Å². The molecule has 8 heteroatoms. The lowest BCUT2D eigenvalue weighted by Gasteiger charge is -2.29. The number of nitrogens with one attached hydrogen (secondary N) is 2. The SMILES string of the molecule is Cc1nn(C)c2nc(-c3cccs3)cc(C(=O)NC3CCCC(C(=O)NC(C)C)C3)c12. The van der Waals surface area contributed by atoms with Crippen molar-refractivity contribution in [1.29, 1.82) is 0 Å². The molecule has 0 bridgehead atoms. The first-order valence-corrected chi connectivity index (χ1v) is 11.7. The van der Waals surface area contributed by atoms with Gasteiger partial charge in [-0.25, -0.2) is 4.98 Å². The summed E-state index contributed by atoms with van der Waals surface area (Å²) in [5, 5.41) is 13.5. The van der Waals surface area contributed by atoms with E-state index in [4.69, 9.17) is 4.98 Å². The Morgan fingerprint density at radius 3 is 2.81 bits per heavy atom. The number of hydrogen-bond acceptors (Lipinski definition) is 5. The quantitative estimate of drug-likeness (QED) is 0.633. The summed E-state index contributed by atoms with van der Waals surface area (Å²) in [6, 6.07) is 5.95. The molecular weight excluding hydrogens is 410 g/mol. The smallest absolute Gasteiger partial charge is 0.252 e. The van der Waals surface area contributed by atoms with E-state index in [0.29, 0.717) is 17.6 Å². The number of carbonyl (C=O) groups is 2. The topological polar surface area (TPSA) is 88.9 Å². The average Bonchev–Trinajstić information content (AvgIpc) is 3.36. The van der Waals surface area contributed by atoms with Crippen molar-refractivity contribution in [3.8, 4) is 10.6 Å². The molecule has 0 saturated heterocycles. The number of aryl methyl sites for hydroxylation is 2. The lowest BCUT2D eigenvalue weighted by atomic mass is 9.85. The minimum absolute atomic E-state index is 0.0189. The van der Waals surface area contributed by atoms with Crippen molar-refractivity contribution in [1.82, 2.24) is 25.4 Å². The van der Waals surface area contributed by atoms with E-state index < -0.39 is 0 Å². The van der Waals surface area contributed by atoms with Crippen molar-refractivity contribution in [2.45, 2.75) is 58.5 Å². The Labute approximate surface area is 186 Å². The Kier molecular flexibility index (Phi) is 6.09. The van der Waals surface area contributed by atoms with Gasteiger partial charge in [0.1, 0.15) is 0 Å². The minimum Gasteiger partial charge on any atom is -0.354 e. The van der Waals surface area contributed by atoms with E-state index >= 15 is 0 Å². The van der Waals surface area contributed by atoms with Crippen LogP contribution in [0.4, 0.5) is 0 Å². The van der Waals surface area contributed by atoms with Crippen LogP contribution in [0.1, 0.15) is 55.6 Å². The third kappa shape index (κ3) is 4.49. The first-order valence-electron chi connectivity index (χ1n) is 10.8. The minimum atomic E-state index is -0.128. The molecule has 1 saturated carbocycles. The summed E-state index contributed by atoms with van der Waals surface area (Å²) in [5.41, 5.74) is 2.85. The van der Waals surface area contributed by atoms with Crippen LogP contribution in [0.15, 0.2) is 23.6 Å². The monoisotopic (exact) mass is 439 g/mol. The molecule has 7 nitrogen and oxygen atoms in total. The maximum absolute atomic E-state index is 13.4. The van der Waals surface area contributed by atoms with Crippen molar-refractivity contribution < 1.29 is 9.59 Å². The Hall–Kier alpha value is -2.74. The van der Waals surface area contributed by atoms with Crippen molar-refractivity contribution in [2.75, 3.05) is 0 Å². The molecule has 2 unspecified atom stereocenters. The van der Waals surface area contributed by atoms with E-state index in [2.05, 4.69) is 15.7 Å². The normalized spacial score (nSPS) is 19.0. The second-order valence-corrected chi connectivity index (χ2v) is 9.58. The fourth-order valence-corrected chi connectivity index (χ4v) is 5.09. The Morgan fingerprint density at radius 2 is 2.10 bits per heavy atom. The molecule has 0 aliphatic heterocycles. The Bertz CT molecular complexity index is 1100. The van der Waals surface area contributed by atoms with Gasteiger partial charge in [0.05, 0.1) is 27.2 Å². The van der Waals surface area contributed by atoms with Crippen molar-refractivity contribution in [2.24, 2.45) is 13.0 Å². The number of pyridine rings is 1.